The molecule has 1 N–H and O–H groups in total. The fourth-order valence-electron chi connectivity index (χ4n) is 1.05. The summed E-state index contributed by atoms with van der Waals surface area (Å²) in [7, 11) is 0. The maximum atomic E-state index is 10.4. The largest absolute Gasteiger partial charge is 0.481 e. The fraction of sp³-hybridized carbons (Fsp3) is 0.222. The topological polar surface area (TPSA) is 37.3 Å². The van der Waals surface area contributed by atoms with E-state index in [4.69, 9.17) is 28.3 Å². The molecule has 70 valence electrons. The molecule has 0 bridgehead atoms. The number of benzene rings is 1. The number of hydrogen-bond donors (Lipinski definition) is 1. The summed E-state index contributed by atoms with van der Waals surface area (Å²) in [5.41, 5.74) is 1.43. The highest BCUT2D eigenvalue weighted by molar-refractivity contribution is 6.42. The Kier molecular flexibility index (Phi) is 3.17. The van der Waals surface area contributed by atoms with E-state index in [0.717, 1.165) is 5.56 Å². The highest BCUT2D eigenvalue weighted by atomic mass is 35.5. The Balaban J connectivity index is 3.10. The first kappa shape index (κ1) is 10.4. The van der Waals surface area contributed by atoms with Gasteiger partial charge < -0.3 is 5.11 Å². The number of hydrogen-bond acceptors (Lipinski definition) is 1. The lowest BCUT2D eigenvalue weighted by Crippen LogP contribution is -2.02. The Morgan fingerprint density at radius 2 is 2.08 bits per heavy atom. The van der Waals surface area contributed by atoms with Crippen LogP contribution in [0.25, 0.3) is 0 Å². The van der Waals surface area contributed by atoms with Gasteiger partial charge in [0.2, 0.25) is 0 Å². The Morgan fingerprint density at radius 3 is 2.62 bits per heavy atom. The number of aliphatic carboxylic acids is 1. The third kappa shape index (κ3) is 2.36. The van der Waals surface area contributed by atoms with Gasteiger partial charge in [0.05, 0.1) is 16.5 Å². The molecule has 0 fully saturated rings. The molecule has 0 saturated heterocycles. The Labute approximate surface area is 86.1 Å². The van der Waals surface area contributed by atoms with Crippen LogP contribution >= 0.6 is 23.2 Å². The van der Waals surface area contributed by atoms with Crippen molar-refractivity contribution in [3.05, 3.63) is 33.3 Å². The lowest BCUT2D eigenvalue weighted by atomic mass is 10.1. The summed E-state index contributed by atoms with van der Waals surface area (Å²) in [5, 5.41) is 9.46. The third-order valence-corrected chi connectivity index (χ3v) is 2.69. The molecule has 0 aromatic heterocycles. The van der Waals surface area contributed by atoms with Crippen molar-refractivity contribution in [2.75, 3.05) is 0 Å². The van der Waals surface area contributed by atoms with E-state index in [1.807, 2.05) is 0 Å². The molecule has 0 amide bonds. The van der Waals surface area contributed by atoms with Crippen LogP contribution in [-0.4, -0.2) is 11.1 Å². The van der Waals surface area contributed by atoms with Gasteiger partial charge in [-0.25, -0.2) is 0 Å². The average Bonchev–Trinajstić information content (AvgIpc) is 2.06. The monoisotopic (exact) mass is 218 g/mol. The van der Waals surface area contributed by atoms with E-state index in [9.17, 15) is 4.79 Å². The van der Waals surface area contributed by atoms with Crippen LogP contribution in [0.4, 0.5) is 0 Å². The van der Waals surface area contributed by atoms with E-state index < -0.39 is 5.97 Å². The number of carbonyl (C=O) groups is 1. The number of halogens is 2. The summed E-state index contributed by atoms with van der Waals surface area (Å²) in [5.74, 6) is -0.874. The van der Waals surface area contributed by atoms with Crippen molar-refractivity contribution in [2.45, 2.75) is 13.3 Å². The van der Waals surface area contributed by atoms with E-state index in [1.165, 1.54) is 0 Å². The summed E-state index contributed by atoms with van der Waals surface area (Å²) < 4.78 is 0. The van der Waals surface area contributed by atoms with E-state index in [-0.39, 0.29) is 6.42 Å². The number of carboxylic acid groups (broad SMARTS) is 1. The standard InChI is InChI=1S/C9H8Cl2O2/c1-5-6(4-8(12)13)2-3-7(10)9(5)11/h2-3H,4H2,1H3,(H,12,13). The van der Waals surface area contributed by atoms with Gasteiger partial charge in [0, 0.05) is 0 Å². The summed E-state index contributed by atoms with van der Waals surface area (Å²) in [4.78, 5) is 10.4. The Morgan fingerprint density at radius 1 is 1.46 bits per heavy atom. The van der Waals surface area contributed by atoms with Crippen LogP contribution < -0.4 is 0 Å². The van der Waals surface area contributed by atoms with Crippen molar-refractivity contribution < 1.29 is 9.90 Å². The van der Waals surface area contributed by atoms with E-state index in [2.05, 4.69) is 0 Å². The predicted molar refractivity (Wildman–Crippen MR) is 52.5 cm³/mol. The zero-order chi connectivity index (χ0) is 10.0. The fourth-order valence-corrected chi connectivity index (χ4v) is 1.44. The van der Waals surface area contributed by atoms with E-state index in [0.29, 0.717) is 15.6 Å². The van der Waals surface area contributed by atoms with Crippen LogP contribution in [0, 0.1) is 6.92 Å². The van der Waals surface area contributed by atoms with Crippen LogP contribution in [0.1, 0.15) is 11.1 Å². The summed E-state index contributed by atoms with van der Waals surface area (Å²) >= 11 is 11.6. The molecule has 0 atom stereocenters. The minimum atomic E-state index is -0.874. The molecule has 0 spiro atoms. The van der Waals surface area contributed by atoms with Crippen molar-refractivity contribution in [1.29, 1.82) is 0 Å². The third-order valence-electron chi connectivity index (χ3n) is 1.79. The van der Waals surface area contributed by atoms with Crippen molar-refractivity contribution in [3.63, 3.8) is 0 Å². The molecule has 4 heteroatoms. The molecule has 1 rings (SSSR count). The molecule has 0 aliphatic carbocycles. The van der Waals surface area contributed by atoms with Crippen molar-refractivity contribution in [2.24, 2.45) is 0 Å². The second-order valence-corrected chi connectivity index (χ2v) is 3.50. The molecule has 2 nitrogen and oxygen atoms in total. The maximum absolute atomic E-state index is 10.4. The smallest absolute Gasteiger partial charge is 0.307 e. The van der Waals surface area contributed by atoms with Gasteiger partial charge in [-0.3, -0.25) is 4.79 Å². The summed E-state index contributed by atoms with van der Waals surface area (Å²) in [6, 6.07) is 3.28. The molecule has 0 aliphatic rings. The van der Waals surface area contributed by atoms with E-state index in [1.54, 1.807) is 19.1 Å². The molecule has 0 saturated carbocycles. The van der Waals surface area contributed by atoms with Crippen LogP contribution in [0.2, 0.25) is 10.0 Å². The quantitative estimate of drug-likeness (QED) is 0.830. The molecule has 0 unspecified atom stereocenters. The van der Waals surface area contributed by atoms with Gasteiger partial charge in [-0.15, -0.1) is 0 Å². The van der Waals surface area contributed by atoms with Crippen molar-refractivity contribution >= 4 is 29.2 Å². The maximum Gasteiger partial charge on any atom is 0.307 e. The van der Waals surface area contributed by atoms with Gasteiger partial charge in [-0.1, -0.05) is 29.3 Å². The van der Waals surface area contributed by atoms with Gasteiger partial charge in [0.1, 0.15) is 0 Å². The number of rotatable bonds is 2. The van der Waals surface area contributed by atoms with Crippen LogP contribution in [0.3, 0.4) is 0 Å². The predicted octanol–water partition coefficient (Wildman–Crippen LogP) is 2.93. The molecular formula is C9H8Cl2O2. The van der Waals surface area contributed by atoms with E-state index >= 15 is 0 Å². The molecule has 0 radical (unpaired) electrons. The van der Waals surface area contributed by atoms with Crippen LogP contribution in [0.5, 0.6) is 0 Å². The Bertz CT molecular complexity index is 348. The minimum Gasteiger partial charge on any atom is -0.481 e. The molecule has 1 aromatic rings. The summed E-state index contributed by atoms with van der Waals surface area (Å²) in [6.45, 7) is 1.76. The van der Waals surface area contributed by atoms with Crippen LogP contribution in [-0.2, 0) is 11.2 Å². The lowest BCUT2D eigenvalue weighted by Gasteiger charge is -2.05. The van der Waals surface area contributed by atoms with Crippen LogP contribution in [0.15, 0.2) is 12.1 Å². The second-order valence-electron chi connectivity index (χ2n) is 2.72. The zero-order valence-electron chi connectivity index (χ0n) is 6.97. The van der Waals surface area contributed by atoms with Gasteiger partial charge in [0.15, 0.2) is 0 Å². The molecule has 1 aromatic carbocycles. The first-order valence-corrected chi connectivity index (χ1v) is 4.43. The average molecular weight is 219 g/mol. The minimum absolute atomic E-state index is 0.0251. The molecule has 0 aliphatic heterocycles. The summed E-state index contributed by atoms with van der Waals surface area (Å²) in [6.07, 6.45) is -0.0251. The van der Waals surface area contributed by atoms with Crippen molar-refractivity contribution in [1.82, 2.24) is 0 Å². The van der Waals surface area contributed by atoms with Gasteiger partial charge in [0.25, 0.3) is 0 Å². The SMILES string of the molecule is Cc1c(CC(=O)O)ccc(Cl)c1Cl. The highest BCUT2D eigenvalue weighted by Gasteiger charge is 2.08. The van der Waals surface area contributed by atoms with Gasteiger partial charge in [-0.05, 0) is 24.1 Å². The van der Waals surface area contributed by atoms with Crippen molar-refractivity contribution in [3.8, 4) is 0 Å². The van der Waals surface area contributed by atoms with Gasteiger partial charge >= 0.3 is 5.97 Å². The molecule has 13 heavy (non-hydrogen) atoms. The second kappa shape index (κ2) is 3.99. The zero-order valence-corrected chi connectivity index (χ0v) is 8.49. The first-order chi connectivity index (χ1) is 6.02. The number of carboxylic acids is 1. The molecular weight excluding hydrogens is 211 g/mol. The normalized spacial score (nSPS) is 10.1. The Hall–Kier alpha value is -0.730. The first-order valence-electron chi connectivity index (χ1n) is 3.67. The van der Waals surface area contributed by atoms with Gasteiger partial charge in [-0.2, -0.15) is 0 Å². The highest BCUT2D eigenvalue weighted by Crippen LogP contribution is 2.27. The lowest BCUT2D eigenvalue weighted by molar-refractivity contribution is -0.136. The molecule has 0 heterocycles.